The first-order valence-electron chi connectivity index (χ1n) is 5.04. The van der Waals surface area contributed by atoms with Crippen molar-refractivity contribution >= 4 is 33.2 Å². The third-order valence-corrected chi connectivity index (χ3v) is 2.56. The van der Waals surface area contributed by atoms with E-state index in [1.807, 2.05) is 6.92 Å². The van der Waals surface area contributed by atoms with Crippen LogP contribution in [-0.4, -0.2) is 24.0 Å². The van der Waals surface area contributed by atoms with Gasteiger partial charge in [-0.05, 0) is 22.9 Å². The van der Waals surface area contributed by atoms with Gasteiger partial charge in [-0.1, -0.05) is 0 Å². The molecule has 0 unspecified atom stereocenters. The van der Waals surface area contributed by atoms with E-state index in [2.05, 4.69) is 31.5 Å². The minimum Gasteiger partial charge on any atom is -0.396 e. The van der Waals surface area contributed by atoms with E-state index in [1.54, 1.807) is 12.4 Å². The van der Waals surface area contributed by atoms with Crippen LogP contribution in [0, 0.1) is 0 Å². The summed E-state index contributed by atoms with van der Waals surface area (Å²) in [6, 6.07) is 0. The fourth-order valence-electron chi connectivity index (χ4n) is 1.22. The van der Waals surface area contributed by atoms with E-state index in [0.29, 0.717) is 25.2 Å². The van der Waals surface area contributed by atoms with Crippen LogP contribution in [0.25, 0.3) is 0 Å². The van der Waals surface area contributed by atoms with Crippen LogP contribution in [0.4, 0.5) is 11.4 Å². The molecule has 1 rings (SSSR count). The van der Waals surface area contributed by atoms with E-state index in [0.717, 1.165) is 10.2 Å². The molecular formula is C10H15BrN4O. The van der Waals surface area contributed by atoms with E-state index in [9.17, 15) is 4.79 Å². The van der Waals surface area contributed by atoms with Gasteiger partial charge in [0.15, 0.2) is 0 Å². The van der Waals surface area contributed by atoms with Gasteiger partial charge < -0.3 is 16.4 Å². The van der Waals surface area contributed by atoms with Gasteiger partial charge in [0.05, 0.1) is 22.0 Å². The predicted molar refractivity (Wildman–Crippen MR) is 68.1 cm³/mol. The average Bonchev–Trinajstić information content (AvgIpc) is 2.23. The number of nitrogen functional groups attached to an aromatic ring is 1. The number of hydrogen-bond donors (Lipinski definition) is 3. The van der Waals surface area contributed by atoms with Crippen molar-refractivity contribution in [2.45, 2.75) is 13.3 Å². The van der Waals surface area contributed by atoms with Crippen molar-refractivity contribution in [3.63, 3.8) is 0 Å². The van der Waals surface area contributed by atoms with Crippen molar-refractivity contribution in [1.82, 2.24) is 10.3 Å². The molecule has 0 aliphatic heterocycles. The Balaban J connectivity index is 2.46. The third-order valence-electron chi connectivity index (χ3n) is 1.96. The maximum absolute atomic E-state index is 11.2. The molecule has 4 N–H and O–H groups in total. The predicted octanol–water partition coefficient (Wildman–Crippen LogP) is 1.36. The van der Waals surface area contributed by atoms with Crippen molar-refractivity contribution in [2.75, 3.05) is 24.1 Å². The van der Waals surface area contributed by atoms with E-state index >= 15 is 0 Å². The fraction of sp³-hybridized carbons (Fsp3) is 0.400. The Morgan fingerprint density at radius 2 is 2.31 bits per heavy atom. The van der Waals surface area contributed by atoms with E-state index in [4.69, 9.17) is 5.73 Å². The molecule has 88 valence electrons. The van der Waals surface area contributed by atoms with Crippen LogP contribution >= 0.6 is 15.9 Å². The molecule has 1 heterocycles. The van der Waals surface area contributed by atoms with Crippen molar-refractivity contribution in [2.24, 2.45) is 0 Å². The number of amides is 1. The lowest BCUT2D eigenvalue weighted by Gasteiger charge is -2.10. The summed E-state index contributed by atoms with van der Waals surface area (Å²) in [4.78, 5) is 15.1. The summed E-state index contributed by atoms with van der Waals surface area (Å²) < 4.78 is 0.795. The van der Waals surface area contributed by atoms with Crippen molar-refractivity contribution < 1.29 is 4.79 Å². The molecule has 0 fully saturated rings. The number of anilines is 2. The average molecular weight is 287 g/mol. The topological polar surface area (TPSA) is 80.0 Å². The molecule has 1 amide bonds. The van der Waals surface area contributed by atoms with Gasteiger partial charge in [0.25, 0.3) is 0 Å². The van der Waals surface area contributed by atoms with Gasteiger partial charge in [0.2, 0.25) is 5.91 Å². The molecule has 1 aromatic heterocycles. The molecular weight excluding hydrogens is 272 g/mol. The highest BCUT2D eigenvalue weighted by Gasteiger charge is 2.05. The lowest BCUT2D eigenvalue weighted by Crippen LogP contribution is -2.24. The first-order chi connectivity index (χ1) is 7.65. The summed E-state index contributed by atoms with van der Waals surface area (Å²) >= 11 is 3.34. The second kappa shape index (κ2) is 6.32. The molecule has 0 saturated heterocycles. The van der Waals surface area contributed by atoms with Crippen molar-refractivity contribution in [1.29, 1.82) is 0 Å². The van der Waals surface area contributed by atoms with Crippen molar-refractivity contribution in [3.05, 3.63) is 16.9 Å². The zero-order valence-corrected chi connectivity index (χ0v) is 10.7. The quantitative estimate of drug-likeness (QED) is 0.764. The van der Waals surface area contributed by atoms with Crippen molar-refractivity contribution in [3.8, 4) is 0 Å². The number of pyridine rings is 1. The van der Waals surface area contributed by atoms with Crippen LogP contribution in [0.15, 0.2) is 16.9 Å². The summed E-state index contributed by atoms with van der Waals surface area (Å²) in [6.07, 6.45) is 3.64. The summed E-state index contributed by atoms with van der Waals surface area (Å²) in [5, 5.41) is 5.82. The van der Waals surface area contributed by atoms with E-state index < -0.39 is 0 Å². The Morgan fingerprint density at radius 1 is 1.56 bits per heavy atom. The summed E-state index contributed by atoms with van der Waals surface area (Å²) in [7, 11) is 0. The minimum absolute atomic E-state index is 0.0266. The third kappa shape index (κ3) is 3.69. The number of carbonyl (C=O) groups excluding carboxylic acids is 1. The number of hydrogen-bond acceptors (Lipinski definition) is 4. The molecule has 16 heavy (non-hydrogen) atoms. The molecule has 0 radical (unpaired) electrons. The van der Waals surface area contributed by atoms with Gasteiger partial charge >= 0.3 is 0 Å². The Morgan fingerprint density at radius 3 is 2.94 bits per heavy atom. The van der Waals surface area contributed by atoms with Crippen LogP contribution in [0.2, 0.25) is 0 Å². The van der Waals surface area contributed by atoms with Gasteiger partial charge in [-0.3, -0.25) is 9.78 Å². The molecule has 0 aliphatic rings. The van der Waals surface area contributed by atoms with Gasteiger partial charge in [-0.2, -0.15) is 0 Å². The fourth-order valence-corrected chi connectivity index (χ4v) is 1.71. The first-order valence-corrected chi connectivity index (χ1v) is 5.84. The summed E-state index contributed by atoms with van der Waals surface area (Å²) in [5.41, 5.74) is 7.08. The Bertz CT molecular complexity index is 350. The lowest BCUT2D eigenvalue weighted by molar-refractivity contribution is -0.120. The van der Waals surface area contributed by atoms with Crippen LogP contribution in [0.3, 0.4) is 0 Å². The Labute approximate surface area is 103 Å². The number of nitrogens with two attached hydrogens (primary N) is 1. The lowest BCUT2D eigenvalue weighted by atomic mass is 10.3. The molecule has 5 nitrogen and oxygen atoms in total. The molecule has 0 bridgehead atoms. The molecule has 1 aromatic rings. The zero-order chi connectivity index (χ0) is 12.0. The number of carbonyl (C=O) groups is 1. The Hall–Kier alpha value is -1.30. The minimum atomic E-state index is 0.0266. The van der Waals surface area contributed by atoms with Gasteiger partial charge in [-0.25, -0.2) is 0 Å². The molecule has 0 aromatic carbocycles. The first kappa shape index (κ1) is 12.8. The van der Waals surface area contributed by atoms with Gasteiger partial charge in [0, 0.05) is 25.7 Å². The highest BCUT2D eigenvalue weighted by atomic mass is 79.9. The molecule has 0 spiro atoms. The maximum atomic E-state index is 11.2. The van der Waals surface area contributed by atoms with Crippen LogP contribution in [-0.2, 0) is 4.79 Å². The number of nitrogens with zero attached hydrogens (tertiary/aromatic N) is 1. The number of aromatic nitrogens is 1. The number of halogens is 1. The molecule has 0 aliphatic carbocycles. The highest BCUT2D eigenvalue weighted by Crippen LogP contribution is 2.26. The summed E-state index contributed by atoms with van der Waals surface area (Å²) in [6.45, 7) is 3.08. The zero-order valence-electron chi connectivity index (χ0n) is 9.09. The normalized spacial score (nSPS) is 9.88. The highest BCUT2D eigenvalue weighted by molar-refractivity contribution is 9.10. The van der Waals surface area contributed by atoms with Gasteiger partial charge in [-0.15, -0.1) is 0 Å². The van der Waals surface area contributed by atoms with Crippen LogP contribution in [0.5, 0.6) is 0 Å². The monoisotopic (exact) mass is 286 g/mol. The standard InChI is InChI=1S/C10H15BrN4O/c1-2-14-9(16)3-4-15-10-7(11)5-13-6-8(10)12/h5-6H,2-4,12H2,1H3,(H,13,15)(H,14,16). The van der Waals surface area contributed by atoms with E-state index in [1.165, 1.54) is 0 Å². The number of rotatable bonds is 5. The molecule has 6 heteroatoms. The second-order valence-corrected chi connectivity index (χ2v) is 4.07. The van der Waals surface area contributed by atoms with Crippen LogP contribution < -0.4 is 16.4 Å². The molecule has 0 atom stereocenters. The maximum Gasteiger partial charge on any atom is 0.221 e. The summed E-state index contributed by atoms with van der Waals surface area (Å²) in [5.74, 6) is 0.0266. The SMILES string of the molecule is CCNC(=O)CCNc1c(N)cncc1Br. The van der Waals surface area contributed by atoms with E-state index in [-0.39, 0.29) is 5.91 Å². The largest absolute Gasteiger partial charge is 0.396 e. The molecule has 0 saturated carbocycles. The number of nitrogens with one attached hydrogen (secondary N) is 2. The second-order valence-electron chi connectivity index (χ2n) is 3.22. The smallest absolute Gasteiger partial charge is 0.221 e. The Kier molecular flexibility index (Phi) is 5.04. The van der Waals surface area contributed by atoms with Crippen LogP contribution in [0.1, 0.15) is 13.3 Å². The van der Waals surface area contributed by atoms with Gasteiger partial charge in [0.1, 0.15) is 0 Å².